The number of amides is 1. The third-order valence-corrected chi connectivity index (χ3v) is 4.56. The van der Waals surface area contributed by atoms with Gasteiger partial charge in [0.25, 0.3) is 0 Å². The number of halogens is 1. The molecule has 2 rings (SSSR count). The zero-order valence-corrected chi connectivity index (χ0v) is 16.5. The third-order valence-electron chi connectivity index (χ3n) is 3.63. The highest BCUT2D eigenvalue weighted by molar-refractivity contribution is 7.99. The molecule has 8 heteroatoms. The Morgan fingerprint density at radius 1 is 1.19 bits per heavy atom. The fourth-order valence-electron chi connectivity index (χ4n) is 2.58. The van der Waals surface area contributed by atoms with E-state index in [1.807, 2.05) is 4.90 Å². The summed E-state index contributed by atoms with van der Waals surface area (Å²) < 4.78 is 15.2. The van der Waals surface area contributed by atoms with Gasteiger partial charge in [-0.15, -0.1) is 10.2 Å². The molecule has 0 aliphatic rings. The summed E-state index contributed by atoms with van der Waals surface area (Å²) in [6.45, 7) is 9.78. The largest absolute Gasteiger partial charge is 0.341 e. The molecule has 1 aromatic carbocycles. The van der Waals surface area contributed by atoms with Gasteiger partial charge in [0.05, 0.1) is 11.3 Å². The van der Waals surface area contributed by atoms with E-state index in [-0.39, 0.29) is 23.0 Å². The van der Waals surface area contributed by atoms with Crippen molar-refractivity contribution in [2.45, 2.75) is 32.9 Å². The standard InChI is InChI=1S/C18H26FN5OS/c1-12(2)9-23(10-13(3)4)16(25)11-26-18-22-21-17(24(18)20)14-7-5-6-8-15(14)19/h5-8,12-13H,9-11,20H2,1-4H3. The Morgan fingerprint density at radius 2 is 1.81 bits per heavy atom. The molecule has 2 aromatic rings. The molecule has 0 radical (unpaired) electrons. The Morgan fingerprint density at radius 3 is 2.38 bits per heavy atom. The minimum absolute atomic E-state index is 0.0350. The first-order valence-corrected chi connectivity index (χ1v) is 9.64. The van der Waals surface area contributed by atoms with E-state index < -0.39 is 5.82 Å². The summed E-state index contributed by atoms with van der Waals surface area (Å²) in [5, 5.41) is 8.35. The van der Waals surface area contributed by atoms with Crippen molar-refractivity contribution in [3.63, 3.8) is 0 Å². The highest BCUT2D eigenvalue weighted by Crippen LogP contribution is 2.24. The van der Waals surface area contributed by atoms with Gasteiger partial charge in [-0.3, -0.25) is 4.79 Å². The predicted octanol–water partition coefficient (Wildman–Crippen LogP) is 3.03. The highest BCUT2D eigenvalue weighted by atomic mass is 32.2. The van der Waals surface area contributed by atoms with Crippen LogP contribution in [0.2, 0.25) is 0 Å². The topological polar surface area (TPSA) is 77.0 Å². The van der Waals surface area contributed by atoms with E-state index in [0.29, 0.717) is 30.1 Å². The zero-order valence-electron chi connectivity index (χ0n) is 15.6. The number of nitrogens with zero attached hydrogens (tertiary/aromatic N) is 4. The quantitative estimate of drug-likeness (QED) is 0.563. The first-order chi connectivity index (χ1) is 12.3. The molecular weight excluding hydrogens is 353 g/mol. The van der Waals surface area contributed by atoms with Crippen LogP contribution in [-0.4, -0.2) is 44.5 Å². The van der Waals surface area contributed by atoms with Gasteiger partial charge in [0.2, 0.25) is 11.1 Å². The summed E-state index contributed by atoms with van der Waals surface area (Å²) in [4.78, 5) is 14.4. The van der Waals surface area contributed by atoms with Gasteiger partial charge in [-0.05, 0) is 24.0 Å². The monoisotopic (exact) mass is 379 g/mol. The second kappa shape index (κ2) is 9.02. The molecule has 0 bridgehead atoms. The van der Waals surface area contributed by atoms with Gasteiger partial charge >= 0.3 is 0 Å². The van der Waals surface area contributed by atoms with Crippen LogP contribution in [0.3, 0.4) is 0 Å². The molecule has 1 aromatic heterocycles. The number of aromatic nitrogens is 3. The molecule has 0 unspecified atom stereocenters. The van der Waals surface area contributed by atoms with Crippen molar-refractivity contribution in [1.29, 1.82) is 0 Å². The molecule has 2 N–H and O–H groups in total. The third kappa shape index (κ3) is 5.20. The number of rotatable bonds is 8. The van der Waals surface area contributed by atoms with Gasteiger partial charge in [0.1, 0.15) is 5.82 Å². The Hall–Kier alpha value is -2.09. The summed E-state index contributed by atoms with van der Waals surface area (Å²) in [6.07, 6.45) is 0. The number of benzene rings is 1. The SMILES string of the molecule is CC(C)CN(CC(C)C)C(=O)CSc1nnc(-c2ccccc2F)n1N. The zero-order chi connectivity index (χ0) is 19.3. The molecule has 0 atom stereocenters. The predicted molar refractivity (Wildman–Crippen MR) is 103 cm³/mol. The lowest BCUT2D eigenvalue weighted by Crippen LogP contribution is -2.38. The molecule has 26 heavy (non-hydrogen) atoms. The fourth-order valence-corrected chi connectivity index (χ4v) is 3.34. The smallest absolute Gasteiger partial charge is 0.233 e. The highest BCUT2D eigenvalue weighted by Gasteiger charge is 2.20. The van der Waals surface area contributed by atoms with Crippen LogP contribution < -0.4 is 5.84 Å². The number of nitrogens with two attached hydrogens (primary N) is 1. The van der Waals surface area contributed by atoms with Crippen molar-refractivity contribution >= 4 is 17.7 Å². The van der Waals surface area contributed by atoms with E-state index in [4.69, 9.17) is 5.84 Å². The van der Waals surface area contributed by atoms with Crippen LogP contribution in [-0.2, 0) is 4.79 Å². The van der Waals surface area contributed by atoms with Crippen molar-refractivity contribution in [3.8, 4) is 11.4 Å². The van der Waals surface area contributed by atoms with Crippen LogP contribution in [0.5, 0.6) is 0 Å². The van der Waals surface area contributed by atoms with Gasteiger partial charge in [0.15, 0.2) is 5.82 Å². The molecule has 1 heterocycles. The second-order valence-corrected chi connectivity index (χ2v) is 7.97. The van der Waals surface area contributed by atoms with Gasteiger partial charge in [-0.2, -0.15) is 0 Å². The maximum absolute atomic E-state index is 13.9. The lowest BCUT2D eigenvalue weighted by Gasteiger charge is -2.26. The lowest BCUT2D eigenvalue weighted by molar-refractivity contribution is -0.129. The summed E-state index contributed by atoms with van der Waals surface area (Å²) in [6, 6.07) is 6.24. The van der Waals surface area contributed by atoms with Crippen molar-refractivity contribution in [2.75, 3.05) is 24.7 Å². The van der Waals surface area contributed by atoms with Crippen LogP contribution in [0.1, 0.15) is 27.7 Å². The van der Waals surface area contributed by atoms with E-state index in [9.17, 15) is 9.18 Å². The molecule has 0 saturated heterocycles. The van der Waals surface area contributed by atoms with Gasteiger partial charge < -0.3 is 10.7 Å². The molecule has 0 aliphatic carbocycles. The summed E-state index contributed by atoms with van der Waals surface area (Å²) in [5.41, 5.74) is 0.280. The minimum atomic E-state index is -0.417. The average molecular weight is 380 g/mol. The Balaban J connectivity index is 2.07. The second-order valence-electron chi connectivity index (χ2n) is 7.03. The molecule has 142 valence electrons. The first-order valence-electron chi connectivity index (χ1n) is 8.65. The minimum Gasteiger partial charge on any atom is -0.341 e. The first kappa shape index (κ1) is 20.2. The number of hydrogen-bond donors (Lipinski definition) is 1. The van der Waals surface area contributed by atoms with Crippen LogP contribution in [0.25, 0.3) is 11.4 Å². The summed E-state index contributed by atoms with van der Waals surface area (Å²) in [5.74, 6) is 6.87. The number of nitrogen functional groups attached to an aromatic ring is 1. The maximum Gasteiger partial charge on any atom is 0.233 e. The Labute approximate surface area is 157 Å². The molecular formula is C18H26FN5OS. The molecule has 1 amide bonds. The maximum atomic E-state index is 13.9. The van der Waals surface area contributed by atoms with E-state index >= 15 is 0 Å². The lowest BCUT2D eigenvalue weighted by atomic mass is 10.1. The van der Waals surface area contributed by atoms with E-state index in [0.717, 1.165) is 0 Å². The van der Waals surface area contributed by atoms with Crippen molar-refractivity contribution in [2.24, 2.45) is 11.8 Å². The van der Waals surface area contributed by atoms with Crippen molar-refractivity contribution in [1.82, 2.24) is 19.8 Å². The van der Waals surface area contributed by atoms with Gasteiger partial charge in [-0.1, -0.05) is 51.6 Å². The van der Waals surface area contributed by atoms with Crippen molar-refractivity contribution in [3.05, 3.63) is 30.1 Å². The number of hydrogen-bond acceptors (Lipinski definition) is 5. The fraction of sp³-hybridized carbons (Fsp3) is 0.500. The molecule has 0 aliphatic heterocycles. The average Bonchev–Trinajstić information content (AvgIpc) is 2.92. The summed E-state index contributed by atoms with van der Waals surface area (Å²) >= 11 is 1.21. The van der Waals surface area contributed by atoms with Crippen LogP contribution in [0, 0.1) is 17.7 Å². The molecule has 6 nitrogen and oxygen atoms in total. The van der Waals surface area contributed by atoms with Gasteiger partial charge in [0, 0.05) is 13.1 Å². The van der Waals surface area contributed by atoms with E-state index in [2.05, 4.69) is 37.9 Å². The van der Waals surface area contributed by atoms with Crippen LogP contribution in [0.15, 0.2) is 29.4 Å². The van der Waals surface area contributed by atoms with Crippen LogP contribution in [0.4, 0.5) is 4.39 Å². The summed E-state index contributed by atoms with van der Waals surface area (Å²) in [7, 11) is 0. The van der Waals surface area contributed by atoms with Gasteiger partial charge in [-0.25, -0.2) is 9.07 Å². The van der Waals surface area contributed by atoms with Crippen LogP contribution >= 0.6 is 11.8 Å². The van der Waals surface area contributed by atoms with E-state index in [1.54, 1.807) is 18.2 Å². The Bertz CT molecular complexity index is 737. The molecule has 0 fully saturated rings. The Kier molecular flexibility index (Phi) is 7.02. The van der Waals surface area contributed by atoms with E-state index in [1.165, 1.54) is 22.5 Å². The number of carbonyl (C=O) groups excluding carboxylic acids is 1. The van der Waals surface area contributed by atoms with Crippen molar-refractivity contribution < 1.29 is 9.18 Å². The number of thioether (sulfide) groups is 1. The normalized spacial score (nSPS) is 11.3. The number of carbonyl (C=O) groups is 1. The molecule has 0 saturated carbocycles. The molecule has 0 spiro atoms.